The van der Waals surface area contributed by atoms with E-state index in [0.29, 0.717) is 0 Å². The molecule has 1 aromatic carbocycles. The molecule has 0 fully saturated rings. The third kappa shape index (κ3) is 4.54. The smallest absolute Gasteiger partial charge is 0.265 e. The van der Waals surface area contributed by atoms with E-state index in [2.05, 4.69) is 4.18 Å². The van der Waals surface area contributed by atoms with Crippen LogP contribution in [0.3, 0.4) is 0 Å². The average molecular weight is 323 g/mol. The van der Waals surface area contributed by atoms with Crippen molar-refractivity contribution < 1.29 is 25.9 Å². The van der Waals surface area contributed by atoms with Crippen molar-refractivity contribution in [3.05, 3.63) is 34.4 Å². The highest BCUT2D eigenvalue weighted by Crippen LogP contribution is 2.17. The van der Waals surface area contributed by atoms with Crippen LogP contribution in [0, 0.1) is 10.1 Å². The molecule has 1 rings (SSSR count). The van der Waals surface area contributed by atoms with Gasteiger partial charge < -0.3 is 0 Å². The zero-order valence-corrected chi connectivity index (χ0v) is 12.2. The molecule has 8 nitrogen and oxygen atoms in total. The molecule has 0 heterocycles. The van der Waals surface area contributed by atoms with Crippen molar-refractivity contribution in [2.45, 2.75) is 11.8 Å². The molecule has 20 heavy (non-hydrogen) atoms. The van der Waals surface area contributed by atoms with E-state index in [1.807, 2.05) is 0 Å². The van der Waals surface area contributed by atoms with E-state index in [0.717, 1.165) is 24.3 Å². The van der Waals surface area contributed by atoms with Gasteiger partial charge in [-0.3, -0.25) is 14.3 Å². The van der Waals surface area contributed by atoms with Crippen LogP contribution in [0.5, 0.6) is 0 Å². The van der Waals surface area contributed by atoms with Gasteiger partial charge in [0.15, 0.2) is 9.84 Å². The zero-order valence-electron chi connectivity index (χ0n) is 10.6. The quantitative estimate of drug-likeness (QED) is 0.412. The number of non-ortho nitro benzene ring substituents is 1. The Morgan fingerprint density at radius 3 is 2.15 bits per heavy atom. The van der Waals surface area contributed by atoms with Gasteiger partial charge in [0.05, 0.1) is 22.2 Å². The number of nitrogens with zero attached hydrogens (tertiary/aromatic N) is 1. The second-order valence-electron chi connectivity index (χ2n) is 3.76. The first-order valence-corrected chi connectivity index (χ1v) is 8.75. The molecule has 0 aromatic heterocycles. The minimum Gasteiger partial charge on any atom is -0.265 e. The third-order valence-electron chi connectivity index (χ3n) is 2.41. The summed E-state index contributed by atoms with van der Waals surface area (Å²) in [5, 5.41) is 10.4. The molecule has 112 valence electrons. The van der Waals surface area contributed by atoms with E-state index < -0.39 is 37.2 Å². The van der Waals surface area contributed by atoms with Crippen LogP contribution in [-0.2, 0) is 24.1 Å². The van der Waals surface area contributed by atoms with Gasteiger partial charge in [0.1, 0.15) is 0 Å². The van der Waals surface area contributed by atoms with Gasteiger partial charge in [-0.15, -0.1) is 0 Å². The molecule has 10 heteroatoms. The van der Waals surface area contributed by atoms with Gasteiger partial charge in [0.2, 0.25) is 0 Å². The van der Waals surface area contributed by atoms with Crippen molar-refractivity contribution >= 4 is 25.6 Å². The minimum atomic E-state index is -4.12. The summed E-state index contributed by atoms with van der Waals surface area (Å²) >= 11 is 0. The highest BCUT2D eigenvalue weighted by atomic mass is 32.2. The van der Waals surface area contributed by atoms with Gasteiger partial charge in [0.25, 0.3) is 15.8 Å². The Labute approximate surface area is 116 Å². The monoisotopic (exact) mass is 323 g/mol. The van der Waals surface area contributed by atoms with Gasteiger partial charge in [-0.25, -0.2) is 8.42 Å². The fourth-order valence-corrected chi connectivity index (χ4v) is 2.86. The molecule has 1 aromatic rings. The maximum absolute atomic E-state index is 11.7. The lowest BCUT2D eigenvalue weighted by atomic mass is 10.3. The largest absolute Gasteiger partial charge is 0.297 e. The predicted octanol–water partition coefficient (Wildman–Crippen LogP) is 0.735. The minimum absolute atomic E-state index is 0.103. The summed E-state index contributed by atoms with van der Waals surface area (Å²) in [5.74, 6) is -0.510. The van der Waals surface area contributed by atoms with Crippen LogP contribution in [0.15, 0.2) is 29.2 Å². The summed E-state index contributed by atoms with van der Waals surface area (Å²) in [4.78, 5) is 9.51. The Morgan fingerprint density at radius 2 is 1.70 bits per heavy atom. The molecular formula is C10H13NO7S2. The second kappa shape index (κ2) is 6.29. The zero-order chi connectivity index (χ0) is 15.4. The SMILES string of the molecule is CCS(=O)(=O)CCOS(=O)(=O)c1ccc([N+](=O)[O-])cc1. The number of benzene rings is 1. The van der Waals surface area contributed by atoms with E-state index in [1.54, 1.807) is 0 Å². The van der Waals surface area contributed by atoms with Crippen molar-refractivity contribution in [1.82, 2.24) is 0 Å². The molecule has 0 radical (unpaired) electrons. The fraction of sp³-hybridized carbons (Fsp3) is 0.400. The third-order valence-corrected chi connectivity index (χ3v) is 5.40. The Balaban J connectivity index is 2.77. The van der Waals surface area contributed by atoms with Crippen LogP contribution in [0.1, 0.15) is 6.92 Å². The van der Waals surface area contributed by atoms with E-state index in [1.165, 1.54) is 6.92 Å². The van der Waals surface area contributed by atoms with E-state index in [9.17, 15) is 26.9 Å². The highest BCUT2D eigenvalue weighted by molar-refractivity contribution is 7.91. The molecule has 0 spiro atoms. The normalized spacial score (nSPS) is 12.2. The first-order valence-electron chi connectivity index (χ1n) is 5.52. The van der Waals surface area contributed by atoms with Crippen LogP contribution in [0.25, 0.3) is 0 Å². The van der Waals surface area contributed by atoms with Gasteiger partial charge >= 0.3 is 0 Å². The topological polar surface area (TPSA) is 121 Å². The maximum Gasteiger partial charge on any atom is 0.297 e. The summed E-state index contributed by atoms with van der Waals surface area (Å²) in [7, 11) is -7.44. The van der Waals surface area contributed by atoms with E-state index >= 15 is 0 Å². The van der Waals surface area contributed by atoms with Gasteiger partial charge in [-0.05, 0) is 12.1 Å². The van der Waals surface area contributed by atoms with Crippen LogP contribution in [0.2, 0.25) is 0 Å². The highest BCUT2D eigenvalue weighted by Gasteiger charge is 2.18. The molecule has 0 unspecified atom stereocenters. The molecule has 0 saturated heterocycles. The summed E-state index contributed by atoms with van der Waals surface area (Å²) in [5.41, 5.74) is -0.252. The molecule has 0 aliphatic heterocycles. The standard InChI is InChI=1S/C10H13NO7S2/c1-2-19(14,15)8-7-18-20(16,17)10-5-3-9(4-6-10)11(12)13/h3-6H,2,7-8H2,1H3. The first kappa shape index (κ1) is 16.5. The molecule has 0 amide bonds. The molecule has 0 N–H and O–H groups in total. The number of hydrogen-bond acceptors (Lipinski definition) is 7. The number of nitro groups is 1. The number of sulfone groups is 1. The van der Waals surface area contributed by atoms with E-state index in [4.69, 9.17) is 0 Å². The molecular weight excluding hydrogens is 310 g/mol. The van der Waals surface area contributed by atoms with Crippen LogP contribution in [0.4, 0.5) is 5.69 Å². The summed E-state index contributed by atoms with van der Waals surface area (Å²) < 4.78 is 50.4. The van der Waals surface area contributed by atoms with Crippen LogP contribution >= 0.6 is 0 Å². The Bertz CT molecular complexity index is 677. The number of rotatable bonds is 7. The Hall–Kier alpha value is -1.52. The van der Waals surface area contributed by atoms with Crippen molar-refractivity contribution in [3.63, 3.8) is 0 Å². The van der Waals surface area contributed by atoms with Crippen molar-refractivity contribution in [3.8, 4) is 0 Å². The fourth-order valence-electron chi connectivity index (χ4n) is 1.22. The van der Waals surface area contributed by atoms with E-state index in [-0.39, 0.29) is 16.3 Å². The Morgan fingerprint density at radius 1 is 1.15 bits per heavy atom. The molecule has 0 atom stereocenters. The summed E-state index contributed by atoms with van der Waals surface area (Å²) in [6, 6.07) is 4.11. The average Bonchev–Trinajstić information content (AvgIpc) is 2.38. The molecule has 0 aliphatic rings. The van der Waals surface area contributed by atoms with Gasteiger partial charge in [-0.1, -0.05) is 6.92 Å². The summed E-state index contributed by atoms with van der Waals surface area (Å²) in [6.45, 7) is 0.954. The van der Waals surface area contributed by atoms with Gasteiger partial charge in [0, 0.05) is 17.9 Å². The Kier molecular flexibility index (Phi) is 5.20. The van der Waals surface area contributed by atoms with Gasteiger partial charge in [-0.2, -0.15) is 8.42 Å². The number of hydrogen-bond donors (Lipinski definition) is 0. The summed E-state index contributed by atoms with van der Waals surface area (Å²) in [6.07, 6.45) is 0. The maximum atomic E-state index is 11.7. The van der Waals surface area contributed by atoms with Crippen molar-refractivity contribution in [2.75, 3.05) is 18.1 Å². The van der Waals surface area contributed by atoms with Crippen LogP contribution in [-0.4, -0.2) is 39.9 Å². The number of nitro benzene ring substituents is 1. The lowest BCUT2D eigenvalue weighted by molar-refractivity contribution is -0.384. The predicted molar refractivity (Wildman–Crippen MR) is 70.6 cm³/mol. The molecule has 0 bridgehead atoms. The first-order chi connectivity index (χ1) is 9.18. The second-order valence-corrected chi connectivity index (χ2v) is 7.85. The molecule has 0 saturated carbocycles. The van der Waals surface area contributed by atoms with Crippen molar-refractivity contribution in [1.29, 1.82) is 0 Å². The lowest BCUT2D eigenvalue weighted by Gasteiger charge is -2.05. The lowest BCUT2D eigenvalue weighted by Crippen LogP contribution is -2.17. The van der Waals surface area contributed by atoms with Crippen molar-refractivity contribution in [2.24, 2.45) is 0 Å². The van der Waals surface area contributed by atoms with Crippen LogP contribution < -0.4 is 0 Å². The molecule has 0 aliphatic carbocycles.